The van der Waals surface area contributed by atoms with Crippen LogP contribution in [0, 0.1) is 0 Å². The molecule has 1 aromatic heterocycles. The summed E-state index contributed by atoms with van der Waals surface area (Å²) < 4.78 is 0. The average Bonchev–Trinajstić information content (AvgIpc) is 3.14. The van der Waals surface area contributed by atoms with Gasteiger partial charge >= 0.3 is 6.03 Å². The standard InChI is InChI=1S/C26H30N4OS/c1-4-30(5-2)26(31)27-17-14-20-19-12-9-13-22-24(19)21(15-23(20)29(3)16-17)25(28-22)32-18-10-7-6-8-11-18/h6-14,17,23,28H,4-5,15-16H2,1-3H3,(H,27,31)/t17-,23+/m0/s1. The van der Waals surface area contributed by atoms with Crippen LogP contribution in [-0.2, 0) is 6.42 Å². The number of rotatable bonds is 5. The summed E-state index contributed by atoms with van der Waals surface area (Å²) in [4.78, 5) is 21.8. The van der Waals surface area contributed by atoms with Gasteiger partial charge in [0.2, 0.25) is 0 Å². The smallest absolute Gasteiger partial charge is 0.317 e. The SMILES string of the molecule is CCN(CC)C(=O)N[C@H]1C=C2c3cccc4[nH]c(Sc5ccccc5)c(c34)C[C@H]2N(C)C1. The van der Waals surface area contributed by atoms with Gasteiger partial charge in [-0.1, -0.05) is 48.2 Å². The zero-order valence-corrected chi connectivity index (χ0v) is 19.7. The predicted molar refractivity (Wildman–Crippen MR) is 132 cm³/mol. The van der Waals surface area contributed by atoms with E-state index in [1.807, 2.05) is 30.5 Å². The molecule has 2 atom stereocenters. The lowest BCUT2D eigenvalue weighted by Gasteiger charge is -2.40. The van der Waals surface area contributed by atoms with E-state index in [-0.39, 0.29) is 12.1 Å². The van der Waals surface area contributed by atoms with Gasteiger partial charge < -0.3 is 15.2 Å². The highest BCUT2D eigenvalue weighted by Gasteiger charge is 2.35. The van der Waals surface area contributed by atoms with Gasteiger partial charge in [0, 0.05) is 41.5 Å². The van der Waals surface area contributed by atoms with Crippen molar-refractivity contribution in [2.45, 2.75) is 42.3 Å². The summed E-state index contributed by atoms with van der Waals surface area (Å²) in [5, 5.41) is 5.81. The summed E-state index contributed by atoms with van der Waals surface area (Å²) in [6.07, 6.45) is 3.27. The molecule has 166 valence electrons. The number of urea groups is 1. The number of hydrogen-bond donors (Lipinski definition) is 2. The zero-order chi connectivity index (χ0) is 22.2. The maximum atomic E-state index is 12.7. The molecule has 2 N–H and O–H groups in total. The number of likely N-dealkylation sites (N-methyl/N-ethyl adjacent to an activating group) is 1. The minimum Gasteiger partial charge on any atom is -0.349 e. The normalized spacial score (nSPS) is 20.0. The van der Waals surface area contributed by atoms with Crippen molar-refractivity contribution in [2.75, 3.05) is 26.7 Å². The number of aromatic nitrogens is 1. The Hall–Kier alpha value is -2.70. The minimum atomic E-state index is 0.00765. The molecule has 0 saturated carbocycles. The molecule has 32 heavy (non-hydrogen) atoms. The van der Waals surface area contributed by atoms with Crippen molar-refractivity contribution in [3.8, 4) is 0 Å². The first-order valence-corrected chi connectivity index (χ1v) is 12.2. The Labute approximate surface area is 193 Å². The fourth-order valence-electron chi connectivity index (χ4n) is 5.05. The summed E-state index contributed by atoms with van der Waals surface area (Å²) in [7, 11) is 2.18. The van der Waals surface area contributed by atoms with Crippen molar-refractivity contribution >= 4 is 34.3 Å². The van der Waals surface area contributed by atoms with Gasteiger partial charge in [-0.25, -0.2) is 4.79 Å². The summed E-state index contributed by atoms with van der Waals surface area (Å²) in [5.41, 5.74) is 5.21. The van der Waals surface area contributed by atoms with Gasteiger partial charge in [-0.3, -0.25) is 4.90 Å². The molecule has 3 aromatic rings. The quantitative estimate of drug-likeness (QED) is 0.580. The van der Waals surface area contributed by atoms with Gasteiger partial charge in [0.1, 0.15) is 0 Å². The lowest BCUT2D eigenvalue weighted by molar-refractivity contribution is 0.193. The first kappa shape index (κ1) is 21.2. The van der Waals surface area contributed by atoms with Crippen LogP contribution in [0.1, 0.15) is 25.0 Å². The van der Waals surface area contributed by atoms with Crippen molar-refractivity contribution in [2.24, 2.45) is 0 Å². The highest BCUT2D eigenvalue weighted by Crippen LogP contribution is 2.44. The Morgan fingerprint density at radius 3 is 2.69 bits per heavy atom. The third-order valence-electron chi connectivity index (χ3n) is 6.68. The van der Waals surface area contributed by atoms with E-state index in [0.717, 1.165) is 26.1 Å². The number of amides is 2. The molecule has 0 fully saturated rings. The molecule has 0 bridgehead atoms. The van der Waals surface area contributed by atoms with Crippen LogP contribution < -0.4 is 5.32 Å². The number of H-pyrrole nitrogens is 1. The molecule has 2 aromatic carbocycles. The summed E-state index contributed by atoms with van der Waals surface area (Å²) >= 11 is 1.81. The molecule has 0 saturated heterocycles. The van der Waals surface area contributed by atoms with Crippen molar-refractivity contribution in [3.05, 3.63) is 65.7 Å². The number of carbonyl (C=O) groups excluding carboxylic acids is 1. The second-order valence-corrected chi connectivity index (χ2v) is 9.67. The van der Waals surface area contributed by atoms with Crippen LogP contribution in [-0.4, -0.2) is 59.6 Å². The van der Waals surface area contributed by atoms with Gasteiger partial charge in [-0.2, -0.15) is 0 Å². The number of nitrogens with one attached hydrogen (secondary N) is 2. The molecule has 2 heterocycles. The molecule has 0 radical (unpaired) electrons. The number of fused-ring (bicyclic) bond motifs is 2. The fraction of sp³-hybridized carbons (Fsp3) is 0.346. The molecule has 2 aliphatic rings. The van der Waals surface area contributed by atoms with Gasteiger partial charge in [0.15, 0.2) is 0 Å². The molecule has 5 rings (SSSR count). The van der Waals surface area contributed by atoms with E-state index < -0.39 is 0 Å². The Kier molecular flexibility index (Phi) is 5.74. The number of benzene rings is 2. The lowest BCUT2D eigenvalue weighted by atomic mass is 9.81. The van der Waals surface area contributed by atoms with E-state index in [2.05, 4.69) is 76.9 Å². The third kappa shape index (κ3) is 3.71. The van der Waals surface area contributed by atoms with E-state index in [1.54, 1.807) is 0 Å². The molecule has 5 nitrogen and oxygen atoms in total. The third-order valence-corrected chi connectivity index (χ3v) is 7.74. The number of carbonyl (C=O) groups is 1. The molecule has 6 heteroatoms. The minimum absolute atomic E-state index is 0.00765. The van der Waals surface area contributed by atoms with Gasteiger partial charge in [0.25, 0.3) is 0 Å². The Balaban J connectivity index is 1.52. The van der Waals surface area contributed by atoms with Crippen LogP contribution in [0.2, 0.25) is 0 Å². The first-order valence-electron chi connectivity index (χ1n) is 11.4. The topological polar surface area (TPSA) is 51.4 Å². The van der Waals surface area contributed by atoms with Crippen molar-refractivity contribution in [1.82, 2.24) is 20.1 Å². The summed E-state index contributed by atoms with van der Waals surface area (Å²) in [6, 6.07) is 17.4. The molecular formula is C26H30N4OS. The first-order chi connectivity index (χ1) is 15.6. The molecule has 0 unspecified atom stereocenters. The van der Waals surface area contributed by atoms with Crippen molar-refractivity contribution in [1.29, 1.82) is 0 Å². The van der Waals surface area contributed by atoms with Gasteiger partial charge in [0.05, 0.1) is 11.1 Å². The second-order valence-electron chi connectivity index (χ2n) is 8.59. The van der Waals surface area contributed by atoms with Gasteiger partial charge in [-0.15, -0.1) is 0 Å². The summed E-state index contributed by atoms with van der Waals surface area (Å²) in [5.74, 6) is 0. The number of aromatic amines is 1. The van der Waals surface area contributed by atoms with Crippen molar-refractivity contribution < 1.29 is 4.79 Å². The van der Waals surface area contributed by atoms with Gasteiger partial charge in [-0.05, 0) is 62.2 Å². The number of nitrogens with zero attached hydrogens (tertiary/aromatic N) is 2. The fourth-order valence-corrected chi connectivity index (χ4v) is 6.05. The predicted octanol–water partition coefficient (Wildman–Crippen LogP) is 4.99. The Bertz CT molecular complexity index is 1170. The zero-order valence-electron chi connectivity index (χ0n) is 18.9. The van der Waals surface area contributed by atoms with E-state index in [1.165, 1.54) is 37.5 Å². The van der Waals surface area contributed by atoms with Crippen LogP contribution in [0.5, 0.6) is 0 Å². The molecule has 0 spiro atoms. The van der Waals surface area contributed by atoms with E-state index in [9.17, 15) is 4.79 Å². The maximum absolute atomic E-state index is 12.7. The van der Waals surface area contributed by atoms with Crippen molar-refractivity contribution in [3.63, 3.8) is 0 Å². The van der Waals surface area contributed by atoms with Crippen LogP contribution in [0.4, 0.5) is 4.79 Å². The van der Waals surface area contributed by atoms with E-state index in [0.29, 0.717) is 6.04 Å². The lowest BCUT2D eigenvalue weighted by Crippen LogP contribution is -2.52. The Morgan fingerprint density at radius 1 is 1.16 bits per heavy atom. The highest BCUT2D eigenvalue weighted by molar-refractivity contribution is 7.99. The van der Waals surface area contributed by atoms with Crippen LogP contribution >= 0.6 is 11.8 Å². The largest absolute Gasteiger partial charge is 0.349 e. The average molecular weight is 447 g/mol. The monoisotopic (exact) mass is 446 g/mol. The molecule has 1 aliphatic carbocycles. The van der Waals surface area contributed by atoms with E-state index in [4.69, 9.17) is 0 Å². The number of hydrogen-bond acceptors (Lipinski definition) is 3. The molecule has 2 amide bonds. The highest BCUT2D eigenvalue weighted by atomic mass is 32.2. The maximum Gasteiger partial charge on any atom is 0.317 e. The van der Waals surface area contributed by atoms with Crippen LogP contribution in [0.3, 0.4) is 0 Å². The van der Waals surface area contributed by atoms with Crippen LogP contribution in [0.25, 0.3) is 16.5 Å². The summed E-state index contributed by atoms with van der Waals surface area (Å²) in [6.45, 7) is 6.30. The molecular weight excluding hydrogens is 416 g/mol. The van der Waals surface area contributed by atoms with Crippen LogP contribution in [0.15, 0.2) is 64.5 Å². The van der Waals surface area contributed by atoms with E-state index >= 15 is 0 Å². The Morgan fingerprint density at radius 2 is 1.94 bits per heavy atom. The second kappa shape index (κ2) is 8.68. The molecule has 1 aliphatic heterocycles.